The number of nitrogens with zero attached hydrogens (tertiary/aromatic N) is 2. The molecular formula is C7H11N3O3S. The summed E-state index contributed by atoms with van der Waals surface area (Å²) in [6.45, 7) is 0.211. The van der Waals surface area contributed by atoms with E-state index in [1.165, 1.54) is 0 Å². The Hall–Kier alpha value is -0.950. The fourth-order valence-electron chi connectivity index (χ4n) is 1.51. The average molecular weight is 217 g/mol. The zero-order valence-corrected chi connectivity index (χ0v) is 8.33. The first-order valence-corrected chi connectivity index (χ1v) is 6.16. The average Bonchev–Trinajstić information content (AvgIpc) is 2.70. The van der Waals surface area contributed by atoms with Gasteiger partial charge >= 0.3 is 0 Å². The molecule has 2 N–H and O–H groups in total. The predicted octanol–water partition coefficient (Wildman–Crippen LogP) is -0.570. The van der Waals surface area contributed by atoms with Crippen LogP contribution in [0.3, 0.4) is 0 Å². The van der Waals surface area contributed by atoms with Crippen LogP contribution in [0, 0.1) is 0 Å². The molecule has 1 aromatic heterocycles. The van der Waals surface area contributed by atoms with Crippen LogP contribution in [0.2, 0.25) is 0 Å². The van der Waals surface area contributed by atoms with Crippen molar-refractivity contribution in [1.29, 1.82) is 0 Å². The lowest BCUT2D eigenvalue weighted by atomic mass is 10.1. The van der Waals surface area contributed by atoms with Crippen molar-refractivity contribution >= 4 is 9.84 Å². The van der Waals surface area contributed by atoms with Crippen molar-refractivity contribution in [2.75, 3.05) is 11.5 Å². The first-order valence-electron chi connectivity index (χ1n) is 4.34. The minimum absolute atomic E-state index is 0.110. The highest BCUT2D eigenvalue weighted by Crippen LogP contribution is 2.27. The summed E-state index contributed by atoms with van der Waals surface area (Å²) >= 11 is 0. The molecule has 0 bridgehead atoms. The highest BCUT2D eigenvalue weighted by atomic mass is 32.2. The monoisotopic (exact) mass is 217 g/mol. The zero-order chi connectivity index (χ0) is 10.2. The summed E-state index contributed by atoms with van der Waals surface area (Å²) in [6.07, 6.45) is 0.564. The molecule has 1 atom stereocenters. The van der Waals surface area contributed by atoms with Gasteiger partial charge < -0.3 is 10.3 Å². The van der Waals surface area contributed by atoms with E-state index in [9.17, 15) is 8.42 Å². The van der Waals surface area contributed by atoms with E-state index in [-0.39, 0.29) is 24.0 Å². The van der Waals surface area contributed by atoms with Crippen LogP contribution in [-0.2, 0) is 16.4 Å². The maximum Gasteiger partial charge on any atom is 0.230 e. The molecule has 0 aliphatic carbocycles. The van der Waals surface area contributed by atoms with Crippen LogP contribution in [0.4, 0.5) is 0 Å². The van der Waals surface area contributed by atoms with Crippen molar-refractivity contribution in [1.82, 2.24) is 10.1 Å². The number of nitrogens with two attached hydrogens (primary N) is 1. The van der Waals surface area contributed by atoms with Crippen LogP contribution in [-0.4, -0.2) is 30.1 Å². The lowest BCUT2D eigenvalue weighted by Crippen LogP contribution is -2.04. The number of hydrogen-bond donors (Lipinski definition) is 1. The molecule has 1 aliphatic rings. The summed E-state index contributed by atoms with van der Waals surface area (Å²) < 4.78 is 27.3. The molecule has 7 heteroatoms. The van der Waals surface area contributed by atoms with E-state index in [0.29, 0.717) is 18.1 Å². The van der Waals surface area contributed by atoms with Crippen molar-refractivity contribution in [3.8, 4) is 0 Å². The molecule has 1 unspecified atom stereocenters. The van der Waals surface area contributed by atoms with Gasteiger partial charge in [-0.25, -0.2) is 8.42 Å². The Morgan fingerprint density at radius 2 is 2.36 bits per heavy atom. The third-order valence-electron chi connectivity index (χ3n) is 2.25. The molecule has 78 valence electrons. The number of aromatic nitrogens is 2. The minimum atomic E-state index is -2.90. The van der Waals surface area contributed by atoms with Gasteiger partial charge in [0.15, 0.2) is 15.7 Å². The highest BCUT2D eigenvalue weighted by Gasteiger charge is 2.32. The number of sulfone groups is 1. The predicted molar refractivity (Wildman–Crippen MR) is 48.2 cm³/mol. The Bertz CT molecular complexity index is 425. The Kier molecular flexibility index (Phi) is 2.28. The lowest BCUT2D eigenvalue weighted by Gasteiger charge is -1.97. The van der Waals surface area contributed by atoms with Gasteiger partial charge in [0.05, 0.1) is 24.0 Å². The summed E-state index contributed by atoms with van der Waals surface area (Å²) in [5, 5.41) is 3.62. The van der Waals surface area contributed by atoms with E-state index < -0.39 is 9.84 Å². The van der Waals surface area contributed by atoms with E-state index in [0.717, 1.165) is 0 Å². The van der Waals surface area contributed by atoms with E-state index in [4.69, 9.17) is 10.3 Å². The molecule has 2 heterocycles. The van der Waals surface area contributed by atoms with E-state index >= 15 is 0 Å². The summed E-state index contributed by atoms with van der Waals surface area (Å²) in [6, 6.07) is 0. The van der Waals surface area contributed by atoms with Gasteiger partial charge in [-0.3, -0.25) is 0 Å². The first-order chi connectivity index (χ1) is 6.61. The molecule has 2 rings (SSSR count). The van der Waals surface area contributed by atoms with Crippen LogP contribution < -0.4 is 5.73 Å². The molecule has 1 aromatic rings. The van der Waals surface area contributed by atoms with Crippen LogP contribution >= 0.6 is 0 Å². The second-order valence-electron chi connectivity index (χ2n) is 3.35. The standard InChI is InChI=1S/C7H11N3O3S/c8-3-6-9-7(13-10-6)5-1-2-14(11,12)4-5/h5H,1-4,8H2. The summed E-state index contributed by atoms with van der Waals surface area (Å²) in [5.41, 5.74) is 5.31. The van der Waals surface area contributed by atoms with Gasteiger partial charge in [0.2, 0.25) is 5.89 Å². The number of rotatable bonds is 2. The third kappa shape index (κ3) is 1.78. The Labute approximate surface area is 81.4 Å². The fourth-order valence-corrected chi connectivity index (χ4v) is 3.24. The maximum absolute atomic E-state index is 11.2. The van der Waals surface area contributed by atoms with Gasteiger partial charge in [-0.1, -0.05) is 5.16 Å². The molecule has 1 aliphatic heterocycles. The van der Waals surface area contributed by atoms with Crippen molar-refractivity contribution in [2.24, 2.45) is 5.73 Å². The molecule has 0 spiro atoms. The molecule has 0 radical (unpaired) electrons. The summed E-state index contributed by atoms with van der Waals surface area (Å²) in [4.78, 5) is 4.01. The van der Waals surface area contributed by atoms with Gasteiger partial charge in [0.25, 0.3) is 0 Å². The normalized spacial score (nSPS) is 25.4. The maximum atomic E-state index is 11.2. The molecule has 1 fully saturated rings. The second kappa shape index (κ2) is 3.32. The van der Waals surface area contributed by atoms with Crippen LogP contribution in [0.25, 0.3) is 0 Å². The van der Waals surface area contributed by atoms with Crippen LogP contribution in [0.1, 0.15) is 24.1 Å². The Balaban J connectivity index is 2.17. The van der Waals surface area contributed by atoms with Crippen molar-refractivity contribution in [3.63, 3.8) is 0 Å². The molecule has 0 amide bonds. The van der Waals surface area contributed by atoms with Gasteiger partial charge in [-0.15, -0.1) is 0 Å². The van der Waals surface area contributed by atoms with Gasteiger partial charge in [-0.2, -0.15) is 4.98 Å². The lowest BCUT2D eigenvalue weighted by molar-refractivity contribution is 0.356. The van der Waals surface area contributed by atoms with Crippen molar-refractivity contribution < 1.29 is 12.9 Å². The summed E-state index contributed by atoms with van der Waals surface area (Å²) in [5.74, 6) is 0.987. The Morgan fingerprint density at radius 1 is 1.57 bits per heavy atom. The van der Waals surface area contributed by atoms with Crippen molar-refractivity contribution in [3.05, 3.63) is 11.7 Å². The number of hydrogen-bond acceptors (Lipinski definition) is 6. The highest BCUT2D eigenvalue weighted by molar-refractivity contribution is 7.91. The smallest absolute Gasteiger partial charge is 0.230 e. The third-order valence-corrected chi connectivity index (χ3v) is 4.02. The van der Waals surface area contributed by atoms with Gasteiger partial charge in [0.1, 0.15) is 0 Å². The second-order valence-corrected chi connectivity index (χ2v) is 5.58. The molecule has 14 heavy (non-hydrogen) atoms. The molecule has 6 nitrogen and oxygen atoms in total. The quantitative estimate of drug-likeness (QED) is 0.712. The van der Waals surface area contributed by atoms with Crippen molar-refractivity contribution in [2.45, 2.75) is 18.9 Å². The first kappa shape index (κ1) is 9.60. The SMILES string of the molecule is NCc1noc(C2CCS(=O)(=O)C2)n1. The van der Waals surface area contributed by atoms with Gasteiger partial charge in [0, 0.05) is 0 Å². The minimum Gasteiger partial charge on any atom is -0.339 e. The Morgan fingerprint density at radius 3 is 2.86 bits per heavy atom. The van der Waals surface area contributed by atoms with E-state index in [1.54, 1.807) is 0 Å². The zero-order valence-electron chi connectivity index (χ0n) is 7.51. The molecule has 0 saturated carbocycles. The topological polar surface area (TPSA) is 99.1 Å². The summed E-state index contributed by atoms with van der Waals surface area (Å²) in [7, 11) is -2.90. The largest absolute Gasteiger partial charge is 0.339 e. The molecule has 1 saturated heterocycles. The fraction of sp³-hybridized carbons (Fsp3) is 0.714. The van der Waals surface area contributed by atoms with E-state index in [2.05, 4.69) is 10.1 Å². The van der Waals surface area contributed by atoms with Crippen LogP contribution in [0.15, 0.2) is 4.52 Å². The van der Waals surface area contributed by atoms with Crippen LogP contribution in [0.5, 0.6) is 0 Å². The molecule has 0 aromatic carbocycles. The molecular weight excluding hydrogens is 206 g/mol. The van der Waals surface area contributed by atoms with E-state index in [1.807, 2.05) is 0 Å². The van der Waals surface area contributed by atoms with Gasteiger partial charge in [-0.05, 0) is 6.42 Å².